The number of ether oxygens (including phenoxy) is 2. The van der Waals surface area contributed by atoms with Crippen molar-refractivity contribution in [3.8, 4) is 0 Å². The molecule has 2 aliphatic heterocycles. The van der Waals surface area contributed by atoms with Crippen LogP contribution >= 0.6 is 11.3 Å². The maximum Gasteiger partial charge on any atom is 0.337 e. The molecule has 8 nitrogen and oxygen atoms in total. The predicted molar refractivity (Wildman–Crippen MR) is 117 cm³/mol. The summed E-state index contributed by atoms with van der Waals surface area (Å²) >= 11 is 1.54. The lowest BCUT2D eigenvalue weighted by molar-refractivity contribution is 0.0341. The normalized spacial score (nSPS) is 17.6. The number of morpholine rings is 1. The Hall–Kier alpha value is -2.46. The summed E-state index contributed by atoms with van der Waals surface area (Å²) < 4.78 is 10.7. The van der Waals surface area contributed by atoms with Crippen molar-refractivity contribution in [2.45, 2.75) is 12.6 Å². The van der Waals surface area contributed by atoms with Crippen molar-refractivity contribution >= 4 is 33.8 Å². The Kier molecular flexibility index (Phi) is 6.33. The smallest absolute Gasteiger partial charge is 0.337 e. The number of hydrogen-bond acceptors (Lipinski definition) is 8. The molecule has 0 radical (unpaired) electrons. The van der Waals surface area contributed by atoms with Crippen LogP contribution in [-0.2, 0) is 16.0 Å². The van der Waals surface area contributed by atoms with E-state index >= 15 is 0 Å². The van der Waals surface area contributed by atoms with Gasteiger partial charge in [0.25, 0.3) is 0 Å². The Morgan fingerprint density at radius 1 is 1.40 bits per heavy atom. The van der Waals surface area contributed by atoms with Crippen LogP contribution in [0.25, 0.3) is 5.70 Å². The lowest BCUT2D eigenvalue weighted by Gasteiger charge is -2.37. The van der Waals surface area contributed by atoms with Crippen LogP contribution in [0.3, 0.4) is 0 Å². The van der Waals surface area contributed by atoms with Gasteiger partial charge >= 0.3 is 5.97 Å². The Morgan fingerprint density at radius 2 is 2.17 bits per heavy atom. The molecule has 1 aromatic heterocycles. The fourth-order valence-electron chi connectivity index (χ4n) is 3.51. The van der Waals surface area contributed by atoms with Crippen LogP contribution in [0.2, 0.25) is 0 Å². The number of hydrogen-bond donors (Lipinski definition) is 2. The van der Waals surface area contributed by atoms with Crippen LogP contribution in [0.4, 0.5) is 10.8 Å². The fourth-order valence-corrected chi connectivity index (χ4v) is 4.37. The number of benzene rings is 1. The van der Waals surface area contributed by atoms with Crippen molar-refractivity contribution < 1.29 is 19.4 Å². The average Bonchev–Trinajstić information content (AvgIpc) is 3.19. The first kappa shape index (κ1) is 20.8. The monoisotopic (exact) mass is 430 g/mol. The summed E-state index contributed by atoms with van der Waals surface area (Å²) in [7, 11) is 1.72. The molecule has 1 aromatic carbocycles. The highest BCUT2D eigenvalue weighted by Gasteiger charge is 2.28. The predicted octanol–water partition coefficient (Wildman–Crippen LogP) is 2.59. The summed E-state index contributed by atoms with van der Waals surface area (Å²) in [4.78, 5) is 20.9. The number of rotatable bonds is 8. The zero-order valence-electron chi connectivity index (χ0n) is 17.0. The molecule has 0 aliphatic carbocycles. The van der Waals surface area contributed by atoms with Crippen molar-refractivity contribution in [1.82, 2.24) is 9.88 Å². The quantitative estimate of drug-likeness (QED) is 0.661. The SMILES string of the molecule is C=C(Nc1ccc(CN2CCOCC2)cc1C(=O)O)c1csc(N2CC(OC)C2)n1. The van der Waals surface area contributed by atoms with Gasteiger partial charge in [-0.3, -0.25) is 4.90 Å². The van der Waals surface area contributed by atoms with Crippen molar-refractivity contribution in [1.29, 1.82) is 0 Å². The molecule has 4 rings (SSSR count). The fraction of sp³-hybridized carbons (Fsp3) is 0.429. The molecule has 0 bridgehead atoms. The maximum atomic E-state index is 11.8. The number of thiazole rings is 1. The van der Waals surface area contributed by atoms with Gasteiger partial charge in [0.2, 0.25) is 0 Å². The summed E-state index contributed by atoms with van der Waals surface area (Å²) in [5.41, 5.74) is 2.99. The highest BCUT2D eigenvalue weighted by Crippen LogP contribution is 2.29. The number of nitrogens with zero attached hydrogens (tertiary/aromatic N) is 3. The molecule has 9 heteroatoms. The Labute approximate surface area is 179 Å². The topological polar surface area (TPSA) is 87.2 Å². The average molecular weight is 431 g/mol. The van der Waals surface area contributed by atoms with E-state index in [1.807, 2.05) is 11.4 Å². The minimum Gasteiger partial charge on any atom is -0.478 e. The van der Waals surface area contributed by atoms with Crippen molar-refractivity contribution in [3.05, 3.63) is 47.0 Å². The van der Waals surface area contributed by atoms with Crippen molar-refractivity contribution in [2.24, 2.45) is 0 Å². The minimum absolute atomic E-state index is 0.225. The van der Waals surface area contributed by atoms with E-state index in [4.69, 9.17) is 9.47 Å². The van der Waals surface area contributed by atoms with E-state index < -0.39 is 5.97 Å². The first-order valence-electron chi connectivity index (χ1n) is 9.89. The number of carboxylic acids is 1. The molecule has 0 amide bonds. The highest BCUT2D eigenvalue weighted by atomic mass is 32.1. The minimum atomic E-state index is -0.973. The molecule has 0 saturated carbocycles. The third-order valence-corrected chi connectivity index (χ3v) is 6.26. The van der Waals surface area contributed by atoms with Gasteiger partial charge in [0.15, 0.2) is 5.13 Å². The van der Waals surface area contributed by atoms with Crippen LogP contribution in [0.1, 0.15) is 21.6 Å². The summed E-state index contributed by atoms with van der Waals surface area (Å²) in [5.74, 6) is -0.973. The third kappa shape index (κ3) is 4.65. The summed E-state index contributed by atoms with van der Waals surface area (Å²) in [5, 5.41) is 15.7. The van der Waals surface area contributed by atoms with Crippen molar-refractivity contribution in [3.63, 3.8) is 0 Å². The molecule has 2 fully saturated rings. The highest BCUT2D eigenvalue weighted by molar-refractivity contribution is 7.13. The van der Waals surface area contributed by atoms with Crippen LogP contribution in [-0.4, -0.2) is 73.6 Å². The largest absolute Gasteiger partial charge is 0.478 e. The standard InChI is InChI=1S/C21H26N4O4S/c1-14(19-13-30-21(23-19)25-11-16(12-25)28-2)22-18-4-3-15(9-17(18)20(26)27)10-24-5-7-29-8-6-24/h3-4,9,13,16,22H,1,5-8,10-12H2,2H3,(H,26,27). The molecule has 160 valence electrons. The number of carboxylic acid groups (broad SMARTS) is 1. The first-order chi connectivity index (χ1) is 14.5. The van der Waals surface area contributed by atoms with Gasteiger partial charge in [-0.15, -0.1) is 11.3 Å². The van der Waals surface area contributed by atoms with E-state index in [1.54, 1.807) is 30.6 Å². The second kappa shape index (κ2) is 9.13. The molecule has 3 heterocycles. The molecule has 2 aromatic rings. The molecule has 2 N–H and O–H groups in total. The number of aromatic nitrogens is 1. The van der Waals surface area contributed by atoms with Gasteiger partial charge < -0.3 is 24.8 Å². The second-order valence-corrected chi connectivity index (χ2v) is 8.29. The van der Waals surface area contributed by atoms with E-state index in [-0.39, 0.29) is 11.7 Å². The Balaban J connectivity index is 1.43. The number of aromatic carboxylic acids is 1. The van der Waals surface area contributed by atoms with Crippen LogP contribution in [0.5, 0.6) is 0 Å². The van der Waals surface area contributed by atoms with E-state index in [9.17, 15) is 9.90 Å². The number of carbonyl (C=O) groups is 1. The van der Waals surface area contributed by atoms with Gasteiger partial charge in [-0.1, -0.05) is 12.6 Å². The summed E-state index contributed by atoms with van der Waals surface area (Å²) in [6, 6.07) is 5.48. The van der Waals surface area contributed by atoms with E-state index in [0.717, 1.165) is 36.9 Å². The van der Waals surface area contributed by atoms with Gasteiger partial charge in [-0.05, 0) is 17.7 Å². The van der Waals surface area contributed by atoms with Crippen molar-refractivity contribution in [2.75, 3.05) is 56.7 Å². The maximum absolute atomic E-state index is 11.8. The molecule has 0 spiro atoms. The van der Waals surface area contributed by atoms with E-state index in [2.05, 4.69) is 26.7 Å². The van der Waals surface area contributed by atoms with Gasteiger partial charge in [0.05, 0.1) is 42.0 Å². The van der Waals surface area contributed by atoms with Gasteiger partial charge in [-0.25, -0.2) is 9.78 Å². The summed E-state index contributed by atoms with van der Waals surface area (Å²) in [6.45, 7) is 9.56. The van der Waals surface area contributed by atoms with Crippen LogP contribution in [0.15, 0.2) is 30.2 Å². The van der Waals surface area contributed by atoms with E-state index in [0.29, 0.717) is 36.8 Å². The molecule has 2 saturated heterocycles. The first-order valence-corrected chi connectivity index (χ1v) is 10.8. The zero-order chi connectivity index (χ0) is 21.1. The molecule has 2 aliphatic rings. The zero-order valence-corrected chi connectivity index (χ0v) is 17.8. The summed E-state index contributed by atoms with van der Waals surface area (Å²) in [6.07, 6.45) is 0.257. The molecule has 30 heavy (non-hydrogen) atoms. The molecule has 0 atom stereocenters. The number of methoxy groups -OCH3 is 1. The lowest BCUT2D eigenvalue weighted by atomic mass is 10.1. The second-order valence-electron chi connectivity index (χ2n) is 7.46. The number of nitrogens with one attached hydrogen (secondary N) is 1. The Morgan fingerprint density at radius 3 is 2.87 bits per heavy atom. The van der Waals surface area contributed by atoms with Crippen LogP contribution in [0, 0.1) is 0 Å². The van der Waals surface area contributed by atoms with Gasteiger partial charge in [0, 0.05) is 45.2 Å². The molecular weight excluding hydrogens is 404 g/mol. The van der Waals surface area contributed by atoms with Gasteiger partial charge in [0.1, 0.15) is 0 Å². The van der Waals surface area contributed by atoms with Crippen LogP contribution < -0.4 is 10.2 Å². The third-order valence-electron chi connectivity index (χ3n) is 5.36. The lowest BCUT2D eigenvalue weighted by Crippen LogP contribution is -2.51. The van der Waals surface area contributed by atoms with E-state index in [1.165, 1.54) is 0 Å². The Bertz CT molecular complexity index is 919. The number of anilines is 2. The van der Waals surface area contributed by atoms with Gasteiger partial charge in [-0.2, -0.15) is 0 Å². The molecular formula is C21H26N4O4S. The molecule has 0 unspecified atom stereocenters.